The number of rotatable bonds is 6. The lowest BCUT2D eigenvalue weighted by atomic mass is 9.83. The molecule has 0 radical (unpaired) electrons. The number of esters is 1. The number of ether oxygens (including phenoxy) is 1. The fourth-order valence-corrected chi connectivity index (χ4v) is 3.67. The van der Waals surface area contributed by atoms with Crippen LogP contribution in [0.1, 0.15) is 36.0 Å². The van der Waals surface area contributed by atoms with Gasteiger partial charge in [-0.1, -0.05) is 48.6 Å². The van der Waals surface area contributed by atoms with Gasteiger partial charge in [0.15, 0.2) is 0 Å². The van der Waals surface area contributed by atoms with Crippen molar-refractivity contribution < 1.29 is 23.1 Å². The maximum atomic E-state index is 14.2. The Hall–Kier alpha value is -3.28. The van der Waals surface area contributed by atoms with Gasteiger partial charge in [0.05, 0.1) is 12.1 Å². The first-order chi connectivity index (χ1) is 14.3. The highest BCUT2D eigenvalue weighted by Crippen LogP contribution is 2.38. The number of hydrogen-bond acceptors (Lipinski definition) is 3. The van der Waals surface area contributed by atoms with Crippen LogP contribution in [0.25, 0.3) is 0 Å². The molecule has 1 amide bonds. The quantitative estimate of drug-likeness (QED) is 0.507. The highest BCUT2D eigenvalue weighted by atomic mass is 19.1. The summed E-state index contributed by atoms with van der Waals surface area (Å²) in [6.07, 6.45) is 1.51. The molecule has 1 atom stereocenters. The molecule has 1 aliphatic heterocycles. The van der Waals surface area contributed by atoms with E-state index in [1.807, 2.05) is 31.2 Å². The van der Waals surface area contributed by atoms with Gasteiger partial charge in [0.25, 0.3) is 0 Å². The van der Waals surface area contributed by atoms with E-state index in [1.54, 1.807) is 6.92 Å². The Balaban J connectivity index is 2.04. The van der Waals surface area contributed by atoms with Crippen LogP contribution in [0.4, 0.5) is 8.78 Å². The number of hydrogen-bond donors (Lipinski definition) is 0. The van der Waals surface area contributed by atoms with Crippen molar-refractivity contribution in [1.82, 2.24) is 4.90 Å². The first kappa shape index (κ1) is 21.4. The highest BCUT2D eigenvalue weighted by Gasteiger charge is 2.37. The third-order valence-electron chi connectivity index (χ3n) is 5.16. The van der Waals surface area contributed by atoms with E-state index in [-0.39, 0.29) is 31.0 Å². The van der Waals surface area contributed by atoms with Gasteiger partial charge < -0.3 is 9.64 Å². The summed E-state index contributed by atoms with van der Waals surface area (Å²) >= 11 is 0. The molecule has 3 rings (SSSR count). The minimum Gasteiger partial charge on any atom is -0.458 e. The second-order valence-corrected chi connectivity index (χ2v) is 7.27. The summed E-state index contributed by atoms with van der Waals surface area (Å²) in [6.45, 7) is 7.07. The van der Waals surface area contributed by atoms with Crippen molar-refractivity contribution in [3.63, 3.8) is 0 Å². The van der Waals surface area contributed by atoms with Crippen LogP contribution in [0.3, 0.4) is 0 Å². The third kappa shape index (κ3) is 4.48. The monoisotopic (exact) mass is 411 g/mol. The summed E-state index contributed by atoms with van der Waals surface area (Å²) in [5.74, 6) is -2.70. The van der Waals surface area contributed by atoms with Gasteiger partial charge in [-0.25, -0.2) is 13.6 Å². The van der Waals surface area contributed by atoms with Crippen molar-refractivity contribution in [3.05, 3.63) is 94.7 Å². The van der Waals surface area contributed by atoms with Crippen LogP contribution in [-0.4, -0.2) is 23.4 Å². The van der Waals surface area contributed by atoms with E-state index in [4.69, 9.17) is 4.74 Å². The molecule has 0 saturated heterocycles. The number of halogens is 2. The first-order valence-corrected chi connectivity index (χ1v) is 9.61. The molecule has 0 aliphatic carbocycles. The van der Waals surface area contributed by atoms with Crippen LogP contribution in [0.2, 0.25) is 0 Å². The van der Waals surface area contributed by atoms with Gasteiger partial charge in [-0.15, -0.1) is 0 Å². The summed E-state index contributed by atoms with van der Waals surface area (Å²) in [6, 6.07) is 10.8. The summed E-state index contributed by atoms with van der Waals surface area (Å²) in [7, 11) is 0. The average molecular weight is 411 g/mol. The van der Waals surface area contributed by atoms with Crippen LogP contribution in [0.5, 0.6) is 0 Å². The molecule has 2 aromatic carbocycles. The van der Waals surface area contributed by atoms with Crippen molar-refractivity contribution in [2.45, 2.75) is 32.7 Å². The minimum absolute atomic E-state index is 0.0384. The number of aryl methyl sites for hydroxylation is 1. The number of carbonyl (C=O) groups excluding carboxylic acids is 2. The summed E-state index contributed by atoms with van der Waals surface area (Å²) in [4.78, 5) is 27.2. The molecule has 2 aromatic rings. The van der Waals surface area contributed by atoms with E-state index in [0.717, 1.165) is 23.3 Å². The molecule has 1 heterocycles. The van der Waals surface area contributed by atoms with Crippen molar-refractivity contribution in [3.8, 4) is 0 Å². The van der Waals surface area contributed by atoms with E-state index in [0.29, 0.717) is 11.3 Å². The molecule has 1 aliphatic rings. The van der Waals surface area contributed by atoms with Gasteiger partial charge in [0, 0.05) is 29.7 Å². The van der Waals surface area contributed by atoms with Crippen LogP contribution >= 0.6 is 0 Å². The van der Waals surface area contributed by atoms with Gasteiger partial charge >= 0.3 is 5.97 Å². The highest BCUT2D eigenvalue weighted by molar-refractivity contribution is 5.95. The zero-order valence-corrected chi connectivity index (χ0v) is 17.0. The molecule has 1 unspecified atom stereocenters. The zero-order chi connectivity index (χ0) is 21.8. The fourth-order valence-electron chi connectivity index (χ4n) is 3.67. The lowest BCUT2D eigenvalue weighted by molar-refractivity contribution is -0.139. The molecule has 4 nitrogen and oxygen atoms in total. The SMILES string of the molecule is C=CCOC(=O)C1=C(C)N(Cc2ccc(F)cc2F)C(=O)CC1c1cccc(C)c1. The van der Waals surface area contributed by atoms with E-state index in [2.05, 4.69) is 6.58 Å². The molecule has 0 saturated carbocycles. The molecular formula is C24H23F2NO3. The van der Waals surface area contributed by atoms with Crippen LogP contribution < -0.4 is 0 Å². The molecule has 0 spiro atoms. The van der Waals surface area contributed by atoms with Crippen molar-refractivity contribution >= 4 is 11.9 Å². The maximum absolute atomic E-state index is 14.2. The van der Waals surface area contributed by atoms with E-state index < -0.39 is 23.5 Å². The standard InChI is InChI=1S/C24H23F2NO3/c1-4-10-30-24(29)23-16(3)27(14-18-8-9-19(25)12-21(18)26)22(28)13-20(23)17-7-5-6-15(2)11-17/h4-9,11-12,20H,1,10,13-14H2,2-3H3. The maximum Gasteiger partial charge on any atom is 0.336 e. The van der Waals surface area contributed by atoms with Crippen LogP contribution in [0, 0.1) is 18.6 Å². The van der Waals surface area contributed by atoms with Crippen molar-refractivity contribution in [1.29, 1.82) is 0 Å². The number of benzene rings is 2. The Morgan fingerprint density at radius 1 is 1.23 bits per heavy atom. The zero-order valence-electron chi connectivity index (χ0n) is 17.0. The van der Waals surface area contributed by atoms with Crippen LogP contribution in [0.15, 0.2) is 66.4 Å². The predicted molar refractivity (Wildman–Crippen MR) is 109 cm³/mol. The van der Waals surface area contributed by atoms with Gasteiger partial charge in [-0.3, -0.25) is 4.79 Å². The van der Waals surface area contributed by atoms with Crippen molar-refractivity contribution in [2.75, 3.05) is 6.61 Å². The second-order valence-electron chi connectivity index (χ2n) is 7.27. The Morgan fingerprint density at radius 3 is 2.67 bits per heavy atom. The summed E-state index contributed by atoms with van der Waals surface area (Å²) in [5.41, 5.74) is 2.75. The minimum atomic E-state index is -0.743. The van der Waals surface area contributed by atoms with E-state index >= 15 is 0 Å². The number of amides is 1. The van der Waals surface area contributed by atoms with Crippen LogP contribution in [-0.2, 0) is 20.9 Å². The molecule has 156 valence electrons. The molecule has 30 heavy (non-hydrogen) atoms. The summed E-state index contributed by atoms with van der Waals surface area (Å²) in [5, 5.41) is 0. The largest absolute Gasteiger partial charge is 0.458 e. The van der Waals surface area contributed by atoms with E-state index in [1.165, 1.54) is 17.0 Å². The van der Waals surface area contributed by atoms with Gasteiger partial charge in [-0.2, -0.15) is 0 Å². The molecule has 0 N–H and O–H groups in total. The van der Waals surface area contributed by atoms with Gasteiger partial charge in [-0.05, 0) is 25.5 Å². The second kappa shape index (κ2) is 9.03. The normalized spacial score (nSPS) is 16.6. The van der Waals surface area contributed by atoms with Gasteiger partial charge in [0.1, 0.15) is 18.2 Å². The lowest BCUT2D eigenvalue weighted by Crippen LogP contribution is -2.38. The fraction of sp³-hybridized carbons (Fsp3) is 0.250. The Kier molecular flexibility index (Phi) is 6.45. The molecular weight excluding hydrogens is 388 g/mol. The van der Waals surface area contributed by atoms with E-state index in [9.17, 15) is 18.4 Å². The summed E-state index contributed by atoms with van der Waals surface area (Å²) < 4.78 is 32.7. The first-order valence-electron chi connectivity index (χ1n) is 9.61. The Bertz CT molecular complexity index is 1030. The topological polar surface area (TPSA) is 46.6 Å². The predicted octanol–water partition coefficient (Wildman–Crippen LogP) is 4.79. The molecule has 0 aromatic heterocycles. The number of nitrogens with zero attached hydrogens (tertiary/aromatic N) is 1. The number of carbonyl (C=O) groups is 2. The lowest BCUT2D eigenvalue weighted by Gasteiger charge is -2.34. The average Bonchev–Trinajstić information content (AvgIpc) is 2.70. The third-order valence-corrected chi connectivity index (χ3v) is 5.16. The molecule has 6 heteroatoms. The smallest absolute Gasteiger partial charge is 0.336 e. The van der Waals surface area contributed by atoms with Gasteiger partial charge in [0.2, 0.25) is 5.91 Å². The Morgan fingerprint density at radius 2 is 2.00 bits per heavy atom. The number of allylic oxidation sites excluding steroid dienone is 1. The van der Waals surface area contributed by atoms with Crippen molar-refractivity contribution in [2.24, 2.45) is 0 Å². The molecule has 0 bridgehead atoms. The molecule has 0 fully saturated rings. The Labute approximate surface area is 174 Å².